The summed E-state index contributed by atoms with van der Waals surface area (Å²) in [5, 5.41) is 1.57. The first-order valence-corrected chi connectivity index (χ1v) is 3.27. The zero-order chi connectivity index (χ0) is 8.43. The quantitative estimate of drug-likeness (QED) is 0.531. The van der Waals surface area contributed by atoms with Crippen molar-refractivity contribution in [2.24, 2.45) is 0 Å². The molecule has 1 aliphatic heterocycles. The Morgan fingerprint density at radius 1 is 1.64 bits per heavy atom. The first-order chi connectivity index (χ1) is 5.20. The van der Waals surface area contributed by atoms with E-state index in [9.17, 15) is 0 Å². The number of nitrogens with zero attached hydrogens (tertiary/aromatic N) is 1. The molecule has 3 nitrogen and oxygen atoms in total. The molecule has 0 fully saturated rings. The lowest BCUT2D eigenvalue weighted by Crippen LogP contribution is -2.10. The summed E-state index contributed by atoms with van der Waals surface area (Å²) in [6.07, 6.45) is 0. The van der Waals surface area contributed by atoms with Crippen LogP contribution in [-0.2, 0) is 9.57 Å². The van der Waals surface area contributed by atoms with E-state index in [1.165, 1.54) is 0 Å². The van der Waals surface area contributed by atoms with E-state index in [-0.39, 0.29) is 0 Å². The smallest absolute Gasteiger partial charge is 0.312 e. The van der Waals surface area contributed by atoms with Crippen LogP contribution < -0.4 is 0 Å². The highest BCUT2D eigenvalue weighted by molar-refractivity contribution is 5.29. The summed E-state index contributed by atoms with van der Waals surface area (Å²) in [5.74, 6) is 0.513. The summed E-state index contributed by atoms with van der Waals surface area (Å²) in [4.78, 5) is 5.18. The van der Waals surface area contributed by atoms with Crippen molar-refractivity contribution < 1.29 is 9.57 Å². The van der Waals surface area contributed by atoms with Crippen LogP contribution in [-0.4, -0.2) is 19.2 Å². The Bertz CT molecular complexity index is 249. The molecule has 0 aromatic heterocycles. The maximum Gasteiger partial charge on any atom is 0.312 e. The van der Waals surface area contributed by atoms with Gasteiger partial charge in [-0.1, -0.05) is 12.3 Å². The van der Waals surface area contributed by atoms with Gasteiger partial charge in [0, 0.05) is 7.05 Å². The molecular formula is C8H11NO2. The maximum absolute atomic E-state index is 5.18. The Hall–Kier alpha value is -1.34. The van der Waals surface area contributed by atoms with Crippen molar-refractivity contribution in [2.75, 3.05) is 14.2 Å². The van der Waals surface area contributed by atoms with Gasteiger partial charge in [0.15, 0.2) is 0 Å². The highest BCUT2D eigenvalue weighted by atomic mass is 16.8. The normalized spacial score (nSPS) is 16.6. The molecule has 0 N–H and O–H groups in total. The van der Waals surface area contributed by atoms with Gasteiger partial charge < -0.3 is 9.57 Å². The number of hydrogen-bond acceptors (Lipinski definition) is 3. The topological polar surface area (TPSA) is 21.7 Å². The highest BCUT2D eigenvalue weighted by Gasteiger charge is 2.23. The van der Waals surface area contributed by atoms with Gasteiger partial charge in [0.25, 0.3) is 0 Å². The number of ether oxygens (including phenoxy) is 1. The first kappa shape index (κ1) is 7.76. The van der Waals surface area contributed by atoms with Crippen molar-refractivity contribution >= 4 is 0 Å². The molecule has 0 amide bonds. The molecule has 1 rings (SSSR count). The summed E-state index contributed by atoms with van der Waals surface area (Å²) in [6.45, 7) is 5.44. The largest absolute Gasteiger partial charge is 0.467 e. The van der Waals surface area contributed by atoms with Crippen LogP contribution in [0.15, 0.2) is 29.5 Å². The van der Waals surface area contributed by atoms with Crippen LogP contribution in [0.2, 0.25) is 0 Å². The minimum Gasteiger partial charge on any atom is -0.467 e. The van der Waals surface area contributed by atoms with Crippen molar-refractivity contribution in [3.63, 3.8) is 0 Å². The van der Waals surface area contributed by atoms with E-state index in [0.717, 1.165) is 11.3 Å². The Balaban J connectivity index is 3.01. The summed E-state index contributed by atoms with van der Waals surface area (Å²) in [7, 11) is 3.35. The summed E-state index contributed by atoms with van der Waals surface area (Å²) in [6, 6.07) is 0. The van der Waals surface area contributed by atoms with Gasteiger partial charge in [0.1, 0.15) is 5.70 Å². The molecule has 1 heterocycles. The lowest BCUT2D eigenvalue weighted by Gasteiger charge is -2.10. The molecule has 11 heavy (non-hydrogen) atoms. The standard InChI is InChI=1S/C8H11NO2/c1-5-7-6(2)8(10-4)11-9(7)3/h1H2,2-4H3. The van der Waals surface area contributed by atoms with Crippen molar-refractivity contribution in [1.29, 1.82) is 0 Å². The zero-order valence-electron chi connectivity index (χ0n) is 6.97. The first-order valence-electron chi connectivity index (χ1n) is 3.27. The molecule has 0 bridgehead atoms. The van der Waals surface area contributed by atoms with Crippen LogP contribution in [0, 0.1) is 0 Å². The molecule has 0 saturated heterocycles. The number of methoxy groups -OCH3 is 1. The second-order valence-electron chi connectivity index (χ2n) is 2.23. The summed E-state index contributed by atoms with van der Waals surface area (Å²) < 4.78 is 4.95. The van der Waals surface area contributed by atoms with Gasteiger partial charge in [-0.2, -0.15) is 0 Å². The summed E-state index contributed by atoms with van der Waals surface area (Å²) >= 11 is 0. The predicted molar refractivity (Wildman–Crippen MR) is 41.2 cm³/mol. The maximum atomic E-state index is 5.18. The number of likely N-dealkylation sites (N-methyl/N-ethyl adjacent to an activating group) is 1. The van der Waals surface area contributed by atoms with E-state index in [1.807, 2.05) is 6.92 Å². The van der Waals surface area contributed by atoms with E-state index < -0.39 is 0 Å². The molecule has 0 saturated carbocycles. The van der Waals surface area contributed by atoms with Crippen LogP contribution in [0.3, 0.4) is 0 Å². The third-order valence-electron chi connectivity index (χ3n) is 1.55. The molecule has 3 heteroatoms. The van der Waals surface area contributed by atoms with Crippen molar-refractivity contribution in [1.82, 2.24) is 5.06 Å². The third-order valence-corrected chi connectivity index (χ3v) is 1.55. The van der Waals surface area contributed by atoms with Crippen LogP contribution in [0.25, 0.3) is 0 Å². The Kier molecular flexibility index (Phi) is 1.92. The average molecular weight is 153 g/mol. The van der Waals surface area contributed by atoms with E-state index in [0.29, 0.717) is 5.95 Å². The van der Waals surface area contributed by atoms with Gasteiger partial charge in [-0.15, -0.1) is 0 Å². The van der Waals surface area contributed by atoms with Crippen LogP contribution >= 0.6 is 0 Å². The van der Waals surface area contributed by atoms with Crippen molar-refractivity contribution in [3.05, 3.63) is 29.5 Å². The Labute approximate surface area is 66.2 Å². The summed E-state index contributed by atoms with van der Waals surface area (Å²) in [5.41, 5.74) is 4.50. The molecule has 60 valence electrons. The monoisotopic (exact) mass is 153 g/mol. The van der Waals surface area contributed by atoms with Gasteiger partial charge in [-0.05, 0) is 6.92 Å². The second-order valence-corrected chi connectivity index (χ2v) is 2.23. The molecule has 0 unspecified atom stereocenters. The second kappa shape index (κ2) is 2.72. The van der Waals surface area contributed by atoms with Crippen LogP contribution in [0.4, 0.5) is 0 Å². The van der Waals surface area contributed by atoms with E-state index in [4.69, 9.17) is 9.57 Å². The molecule has 0 radical (unpaired) electrons. The molecule has 1 aliphatic rings. The highest BCUT2D eigenvalue weighted by Crippen LogP contribution is 2.26. The number of allylic oxidation sites excluding steroid dienone is 1. The molecule has 0 aromatic rings. The third kappa shape index (κ3) is 1.10. The fourth-order valence-corrected chi connectivity index (χ4v) is 1.01. The molecule has 0 spiro atoms. The average Bonchev–Trinajstić information content (AvgIpc) is 2.26. The molecular weight excluding hydrogens is 142 g/mol. The fourth-order valence-electron chi connectivity index (χ4n) is 1.01. The fraction of sp³-hybridized carbons (Fsp3) is 0.375. The predicted octanol–water partition coefficient (Wildman–Crippen LogP) is 1.41. The minimum absolute atomic E-state index is 0.513. The SMILES string of the molecule is C=C=C1C(C)=C(OC)ON1C. The van der Waals surface area contributed by atoms with Gasteiger partial charge in [0.05, 0.1) is 12.7 Å². The number of hydrogen-bond donors (Lipinski definition) is 0. The van der Waals surface area contributed by atoms with E-state index in [2.05, 4.69) is 12.3 Å². The van der Waals surface area contributed by atoms with Gasteiger partial charge in [-0.25, -0.2) is 5.06 Å². The number of hydroxylamine groups is 2. The zero-order valence-corrected chi connectivity index (χ0v) is 6.97. The molecule has 0 aromatic carbocycles. The van der Waals surface area contributed by atoms with Gasteiger partial charge >= 0.3 is 5.95 Å². The van der Waals surface area contributed by atoms with Gasteiger partial charge in [-0.3, -0.25) is 0 Å². The molecule has 0 aliphatic carbocycles. The van der Waals surface area contributed by atoms with Crippen LogP contribution in [0.5, 0.6) is 0 Å². The Morgan fingerprint density at radius 2 is 2.27 bits per heavy atom. The number of rotatable bonds is 1. The van der Waals surface area contributed by atoms with E-state index in [1.54, 1.807) is 19.2 Å². The van der Waals surface area contributed by atoms with Gasteiger partial charge in [0.2, 0.25) is 0 Å². The van der Waals surface area contributed by atoms with Crippen molar-refractivity contribution in [3.8, 4) is 0 Å². The minimum atomic E-state index is 0.513. The van der Waals surface area contributed by atoms with E-state index >= 15 is 0 Å². The molecule has 0 atom stereocenters. The Morgan fingerprint density at radius 3 is 2.55 bits per heavy atom. The lowest BCUT2D eigenvalue weighted by atomic mass is 10.2. The van der Waals surface area contributed by atoms with Crippen molar-refractivity contribution in [2.45, 2.75) is 6.92 Å². The van der Waals surface area contributed by atoms with Crippen LogP contribution in [0.1, 0.15) is 6.92 Å². The lowest BCUT2D eigenvalue weighted by molar-refractivity contribution is -0.0992.